The third kappa shape index (κ3) is 2.17. The van der Waals surface area contributed by atoms with Crippen LogP contribution in [-0.4, -0.2) is 28.1 Å². The largest absolute Gasteiger partial charge is 0.490 e. The standard InChI is InChI=1S/C6H5BN2O4/c10-6(9-13)5-2-1-4(3-8-5)7(11)12/h1-3,11-12H. The smallest absolute Gasteiger partial charge is 0.423 e. The first-order valence-electron chi connectivity index (χ1n) is 3.35. The molecule has 6 nitrogen and oxygen atoms in total. The van der Waals surface area contributed by atoms with Gasteiger partial charge in [-0.2, -0.15) is 0 Å². The van der Waals surface area contributed by atoms with Crippen LogP contribution >= 0.6 is 0 Å². The number of hydrogen-bond donors (Lipinski definition) is 2. The number of pyridine rings is 1. The summed E-state index contributed by atoms with van der Waals surface area (Å²) in [6, 6.07) is 2.47. The molecule has 0 aliphatic carbocycles. The summed E-state index contributed by atoms with van der Waals surface area (Å²) in [6.45, 7) is 0. The molecule has 1 amide bonds. The fourth-order valence-electron chi connectivity index (χ4n) is 0.731. The van der Waals surface area contributed by atoms with E-state index < -0.39 is 13.0 Å². The van der Waals surface area contributed by atoms with Gasteiger partial charge < -0.3 is 10.0 Å². The molecule has 7 heteroatoms. The molecule has 1 heterocycles. The van der Waals surface area contributed by atoms with Crippen molar-refractivity contribution in [1.82, 2.24) is 4.98 Å². The fraction of sp³-hybridized carbons (Fsp3) is 0. The van der Waals surface area contributed by atoms with Crippen LogP contribution in [0.2, 0.25) is 0 Å². The lowest BCUT2D eigenvalue weighted by Gasteiger charge is -1.97. The van der Waals surface area contributed by atoms with Crippen LogP contribution in [-0.2, 0) is 0 Å². The highest BCUT2D eigenvalue weighted by Crippen LogP contribution is 1.94. The first-order valence-corrected chi connectivity index (χ1v) is 3.35. The molecule has 0 fully saturated rings. The molecule has 0 radical (unpaired) electrons. The molecule has 0 saturated carbocycles. The number of carbonyl (C=O) groups is 1. The minimum atomic E-state index is -1.64. The van der Waals surface area contributed by atoms with Gasteiger partial charge in [-0.25, -0.2) is 0 Å². The summed E-state index contributed by atoms with van der Waals surface area (Å²) in [5, 5.41) is 19.5. The van der Waals surface area contributed by atoms with E-state index in [9.17, 15) is 9.70 Å². The topological polar surface area (TPSA) is 99.9 Å². The monoisotopic (exact) mass is 180 g/mol. The summed E-state index contributed by atoms with van der Waals surface area (Å²) in [4.78, 5) is 23.9. The van der Waals surface area contributed by atoms with E-state index in [0.29, 0.717) is 0 Å². The van der Waals surface area contributed by atoms with Crippen molar-refractivity contribution in [3.63, 3.8) is 0 Å². The Labute approximate surface area is 73.4 Å². The quantitative estimate of drug-likeness (QED) is 0.433. The molecule has 0 aromatic carbocycles. The van der Waals surface area contributed by atoms with Crippen molar-refractivity contribution in [1.29, 1.82) is 0 Å². The molecule has 1 aromatic heterocycles. The maximum atomic E-state index is 10.6. The predicted octanol–water partition coefficient (Wildman–Crippen LogP) is -1.33. The van der Waals surface area contributed by atoms with Crippen LogP contribution in [0.3, 0.4) is 0 Å². The summed E-state index contributed by atoms with van der Waals surface area (Å²) in [7, 11) is -1.64. The van der Waals surface area contributed by atoms with Gasteiger partial charge in [-0.1, -0.05) is 6.07 Å². The van der Waals surface area contributed by atoms with Crippen LogP contribution in [0.15, 0.2) is 23.5 Å². The van der Waals surface area contributed by atoms with Crippen molar-refractivity contribution in [3.05, 3.63) is 28.9 Å². The first-order chi connectivity index (χ1) is 6.15. The van der Waals surface area contributed by atoms with Crippen molar-refractivity contribution < 1.29 is 14.8 Å². The molecule has 0 unspecified atom stereocenters. The van der Waals surface area contributed by atoms with Crippen molar-refractivity contribution in [2.45, 2.75) is 0 Å². The van der Waals surface area contributed by atoms with E-state index in [1.807, 2.05) is 0 Å². The molecule has 0 atom stereocenters. The molecule has 0 saturated heterocycles. The molecule has 13 heavy (non-hydrogen) atoms. The van der Waals surface area contributed by atoms with Crippen LogP contribution in [0.4, 0.5) is 0 Å². The first kappa shape index (κ1) is 9.49. The lowest BCUT2D eigenvalue weighted by molar-refractivity contribution is 0.0996. The van der Waals surface area contributed by atoms with Crippen molar-refractivity contribution >= 4 is 18.5 Å². The second-order valence-corrected chi connectivity index (χ2v) is 2.25. The molecule has 0 bridgehead atoms. The molecular formula is C6H5BN2O4. The summed E-state index contributed by atoms with van der Waals surface area (Å²) in [5.74, 6) is -0.987. The third-order valence-corrected chi connectivity index (χ3v) is 1.39. The number of hydrogen-bond acceptors (Lipinski definition) is 5. The average molecular weight is 180 g/mol. The highest BCUT2D eigenvalue weighted by molar-refractivity contribution is 6.58. The Hall–Kier alpha value is -1.60. The van der Waals surface area contributed by atoms with Crippen LogP contribution in [0, 0.1) is 4.91 Å². The van der Waals surface area contributed by atoms with E-state index in [2.05, 4.69) is 10.2 Å². The van der Waals surface area contributed by atoms with E-state index in [-0.39, 0.29) is 11.2 Å². The maximum absolute atomic E-state index is 10.6. The molecule has 0 aliphatic rings. The van der Waals surface area contributed by atoms with Gasteiger partial charge in [0.2, 0.25) is 0 Å². The van der Waals surface area contributed by atoms with Gasteiger partial charge in [0.15, 0.2) is 0 Å². The molecule has 66 valence electrons. The van der Waals surface area contributed by atoms with Crippen LogP contribution < -0.4 is 5.46 Å². The van der Waals surface area contributed by atoms with Crippen LogP contribution in [0.5, 0.6) is 0 Å². The van der Waals surface area contributed by atoms with Crippen molar-refractivity contribution in [3.8, 4) is 0 Å². The number of nitrogens with zero attached hydrogens (tertiary/aromatic N) is 2. The Morgan fingerprint density at radius 2 is 2.15 bits per heavy atom. The van der Waals surface area contributed by atoms with Gasteiger partial charge in [-0.3, -0.25) is 9.78 Å². The van der Waals surface area contributed by atoms with Gasteiger partial charge in [0.05, 0.1) is 0 Å². The van der Waals surface area contributed by atoms with Gasteiger partial charge in [-0.15, -0.1) is 4.91 Å². The molecule has 1 rings (SSSR count). The number of nitroso groups, excluding NO2 is 1. The van der Waals surface area contributed by atoms with E-state index >= 15 is 0 Å². The normalized spacial score (nSPS) is 9.38. The second-order valence-electron chi connectivity index (χ2n) is 2.25. The van der Waals surface area contributed by atoms with Crippen LogP contribution in [0.25, 0.3) is 0 Å². The molecular weight excluding hydrogens is 175 g/mol. The van der Waals surface area contributed by atoms with E-state index in [4.69, 9.17) is 10.0 Å². The Morgan fingerprint density at radius 3 is 2.54 bits per heavy atom. The highest BCUT2D eigenvalue weighted by Gasteiger charge is 2.13. The van der Waals surface area contributed by atoms with Gasteiger partial charge in [0.25, 0.3) is 0 Å². The van der Waals surface area contributed by atoms with E-state index in [0.717, 1.165) is 6.20 Å². The summed E-state index contributed by atoms with van der Waals surface area (Å²) < 4.78 is 0. The highest BCUT2D eigenvalue weighted by atomic mass is 16.4. The molecule has 0 aliphatic heterocycles. The Bertz CT molecular complexity index is 324. The fourth-order valence-corrected chi connectivity index (χ4v) is 0.731. The minimum Gasteiger partial charge on any atom is -0.423 e. The SMILES string of the molecule is O=NC(=O)c1ccc(B(O)O)cn1. The Kier molecular flexibility index (Phi) is 2.83. The number of carbonyl (C=O) groups excluding carboxylic acids is 1. The lowest BCUT2D eigenvalue weighted by atomic mass is 9.82. The molecule has 0 spiro atoms. The van der Waals surface area contributed by atoms with E-state index in [1.165, 1.54) is 12.1 Å². The lowest BCUT2D eigenvalue weighted by Crippen LogP contribution is -2.30. The summed E-state index contributed by atoms with van der Waals surface area (Å²) in [5.41, 5.74) is 0.0156. The van der Waals surface area contributed by atoms with E-state index in [1.54, 1.807) is 0 Å². The average Bonchev–Trinajstić information content (AvgIpc) is 2.17. The number of amides is 1. The van der Waals surface area contributed by atoms with Gasteiger partial charge in [0.1, 0.15) is 5.69 Å². The number of rotatable bonds is 2. The van der Waals surface area contributed by atoms with Gasteiger partial charge in [-0.05, 0) is 6.07 Å². The zero-order valence-corrected chi connectivity index (χ0v) is 6.41. The zero-order chi connectivity index (χ0) is 9.84. The molecule has 2 N–H and O–H groups in total. The predicted molar refractivity (Wildman–Crippen MR) is 44.2 cm³/mol. The van der Waals surface area contributed by atoms with Crippen molar-refractivity contribution in [2.75, 3.05) is 0 Å². The van der Waals surface area contributed by atoms with Gasteiger partial charge in [0, 0.05) is 16.8 Å². The van der Waals surface area contributed by atoms with Gasteiger partial charge >= 0.3 is 13.0 Å². The van der Waals surface area contributed by atoms with Crippen molar-refractivity contribution in [2.24, 2.45) is 5.18 Å². The van der Waals surface area contributed by atoms with Crippen LogP contribution in [0.1, 0.15) is 10.5 Å². The molecule has 1 aromatic rings. The minimum absolute atomic E-state index is 0.126. The summed E-state index contributed by atoms with van der Waals surface area (Å²) in [6.07, 6.45) is 1.09. The second kappa shape index (κ2) is 3.88. The Morgan fingerprint density at radius 1 is 1.46 bits per heavy atom. The Balaban J connectivity index is 2.93. The summed E-state index contributed by atoms with van der Waals surface area (Å²) >= 11 is 0. The number of aromatic nitrogens is 1. The maximum Gasteiger partial charge on any atom is 0.490 e. The third-order valence-electron chi connectivity index (χ3n) is 1.39. The zero-order valence-electron chi connectivity index (χ0n) is 6.41.